The van der Waals surface area contributed by atoms with Crippen molar-refractivity contribution in [1.82, 2.24) is 0 Å². The number of ketones is 1. The fourth-order valence-electron chi connectivity index (χ4n) is 4.11. The van der Waals surface area contributed by atoms with Gasteiger partial charge in [0, 0.05) is 37.6 Å². The predicted octanol–water partition coefficient (Wildman–Crippen LogP) is 6.14. The SMILES string of the molecule is Cc1sc(C2C(C#N)=C(N)N(c3cccc(C(F)(F)F)c3)C3=C2C(=O)CCC3)cc1Br. The molecule has 0 spiro atoms. The van der Waals surface area contributed by atoms with Crippen LogP contribution in [0.1, 0.15) is 40.5 Å². The number of carbonyl (C=O) groups excluding carboxylic acids is 1. The van der Waals surface area contributed by atoms with Gasteiger partial charge in [0.15, 0.2) is 5.78 Å². The van der Waals surface area contributed by atoms with E-state index in [9.17, 15) is 23.2 Å². The Hall–Kier alpha value is -2.57. The van der Waals surface area contributed by atoms with Crippen molar-refractivity contribution >= 4 is 38.7 Å². The Morgan fingerprint density at radius 2 is 2.03 bits per heavy atom. The minimum atomic E-state index is -4.52. The van der Waals surface area contributed by atoms with Crippen LogP contribution in [0.4, 0.5) is 18.9 Å². The number of halogens is 4. The summed E-state index contributed by atoms with van der Waals surface area (Å²) in [5.74, 6) is -0.669. The first kappa shape index (κ1) is 21.7. The molecule has 2 aliphatic rings. The zero-order valence-corrected chi connectivity index (χ0v) is 18.8. The molecule has 0 radical (unpaired) electrons. The maximum atomic E-state index is 13.3. The molecule has 4 nitrogen and oxygen atoms in total. The number of nitrogens with two attached hydrogens (primary N) is 1. The number of benzene rings is 1. The summed E-state index contributed by atoms with van der Waals surface area (Å²) in [5.41, 5.74) is 6.95. The summed E-state index contributed by atoms with van der Waals surface area (Å²) in [4.78, 5) is 16.3. The van der Waals surface area contributed by atoms with Crippen molar-refractivity contribution in [2.45, 2.75) is 38.3 Å². The topological polar surface area (TPSA) is 70.1 Å². The molecule has 4 rings (SSSR count). The summed E-state index contributed by atoms with van der Waals surface area (Å²) in [6.07, 6.45) is -3.14. The van der Waals surface area contributed by atoms with E-state index in [0.29, 0.717) is 30.5 Å². The van der Waals surface area contributed by atoms with E-state index in [0.717, 1.165) is 26.4 Å². The number of thiophene rings is 1. The normalized spacial score (nSPS) is 19.5. The van der Waals surface area contributed by atoms with Crippen LogP contribution >= 0.6 is 27.3 Å². The molecule has 31 heavy (non-hydrogen) atoms. The molecule has 0 fully saturated rings. The van der Waals surface area contributed by atoms with E-state index in [2.05, 4.69) is 22.0 Å². The lowest BCUT2D eigenvalue weighted by atomic mass is 9.78. The van der Waals surface area contributed by atoms with Crippen molar-refractivity contribution in [1.29, 1.82) is 5.26 Å². The summed E-state index contributed by atoms with van der Waals surface area (Å²) in [5, 5.41) is 9.96. The van der Waals surface area contributed by atoms with Crippen LogP contribution in [0.3, 0.4) is 0 Å². The Kier molecular flexibility index (Phi) is 5.48. The molecule has 0 saturated carbocycles. The van der Waals surface area contributed by atoms with Crippen LogP contribution in [0, 0.1) is 18.3 Å². The molecule has 2 N–H and O–H groups in total. The molecular formula is C22H17BrF3N3OS. The van der Waals surface area contributed by atoms with E-state index in [4.69, 9.17) is 5.73 Å². The molecule has 1 aromatic carbocycles. The number of hydrogen-bond acceptors (Lipinski definition) is 5. The number of rotatable bonds is 2. The van der Waals surface area contributed by atoms with Crippen LogP contribution in [-0.4, -0.2) is 5.78 Å². The number of aryl methyl sites for hydroxylation is 1. The molecule has 160 valence electrons. The minimum absolute atomic E-state index is 0.0578. The molecule has 0 saturated heterocycles. The van der Waals surface area contributed by atoms with E-state index in [1.54, 1.807) is 0 Å². The maximum Gasteiger partial charge on any atom is 0.416 e. The van der Waals surface area contributed by atoms with Gasteiger partial charge >= 0.3 is 6.18 Å². The molecule has 9 heteroatoms. The highest BCUT2D eigenvalue weighted by molar-refractivity contribution is 9.10. The predicted molar refractivity (Wildman–Crippen MR) is 116 cm³/mol. The number of nitriles is 1. The minimum Gasteiger partial charge on any atom is -0.384 e. The molecule has 1 aliphatic carbocycles. The highest BCUT2D eigenvalue weighted by Gasteiger charge is 2.41. The molecule has 2 heterocycles. The van der Waals surface area contributed by atoms with Crippen LogP contribution in [0.5, 0.6) is 0 Å². The Morgan fingerprint density at radius 3 is 2.65 bits per heavy atom. The largest absolute Gasteiger partial charge is 0.416 e. The van der Waals surface area contributed by atoms with Crippen molar-refractivity contribution in [3.8, 4) is 6.07 Å². The van der Waals surface area contributed by atoms with Gasteiger partial charge in [-0.05, 0) is 60.0 Å². The molecule has 0 bridgehead atoms. The number of Topliss-reactive ketones (excluding diaryl/α,β-unsaturated/α-hetero) is 1. The quantitative estimate of drug-likeness (QED) is 0.529. The van der Waals surface area contributed by atoms with E-state index in [-0.39, 0.29) is 22.9 Å². The van der Waals surface area contributed by atoms with Crippen molar-refractivity contribution < 1.29 is 18.0 Å². The number of anilines is 1. The molecule has 1 atom stereocenters. The summed E-state index contributed by atoms with van der Waals surface area (Å²) in [6.45, 7) is 1.92. The lowest BCUT2D eigenvalue weighted by molar-refractivity contribution is -0.137. The van der Waals surface area contributed by atoms with Crippen molar-refractivity contribution in [3.63, 3.8) is 0 Å². The Labute approximate surface area is 189 Å². The first-order valence-electron chi connectivity index (χ1n) is 9.52. The first-order valence-corrected chi connectivity index (χ1v) is 11.1. The Morgan fingerprint density at radius 1 is 1.29 bits per heavy atom. The molecular weight excluding hydrogens is 491 g/mol. The summed E-state index contributed by atoms with van der Waals surface area (Å²) in [7, 11) is 0. The number of hydrogen-bond donors (Lipinski definition) is 1. The molecule has 1 unspecified atom stereocenters. The summed E-state index contributed by atoms with van der Waals surface area (Å²) in [6, 6.07) is 8.79. The van der Waals surface area contributed by atoms with Gasteiger partial charge in [-0.3, -0.25) is 9.69 Å². The Balaban J connectivity index is 1.96. The zero-order valence-electron chi connectivity index (χ0n) is 16.4. The van der Waals surface area contributed by atoms with Crippen molar-refractivity contribution in [2.24, 2.45) is 5.73 Å². The fourth-order valence-corrected chi connectivity index (χ4v) is 5.79. The van der Waals surface area contributed by atoms with E-state index in [1.807, 2.05) is 13.0 Å². The van der Waals surface area contributed by atoms with Gasteiger partial charge in [-0.2, -0.15) is 18.4 Å². The van der Waals surface area contributed by atoms with E-state index in [1.165, 1.54) is 28.4 Å². The average Bonchev–Trinajstić information content (AvgIpc) is 3.05. The van der Waals surface area contributed by atoms with Gasteiger partial charge in [0.1, 0.15) is 5.82 Å². The van der Waals surface area contributed by atoms with Crippen LogP contribution in [0.15, 0.2) is 57.5 Å². The van der Waals surface area contributed by atoms with Gasteiger partial charge in [0.25, 0.3) is 0 Å². The van der Waals surface area contributed by atoms with Gasteiger partial charge in [-0.1, -0.05) is 6.07 Å². The second-order valence-corrected chi connectivity index (χ2v) is 9.56. The summed E-state index contributed by atoms with van der Waals surface area (Å²) < 4.78 is 40.8. The van der Waals surface area contributed by atoms with E-state index >= 15 is 0 Å². The molecule has 2 aromatic rings. The molecule has 1 aliphatic heterocycles. The summed E-state index contributed by atoms with van der Waals surface area (Å²) >= 11 is 4.94. The number of allylic oxidation sites excluding steroid dienone is 3. The fraction of sp³-hybridized carbons (Fsp3) is 0.273. The van der Waals surface area contributed by atoms with E-state index < -0.39 is 17.7 Å². The lowest BCUT2D eigenvalue weighted by Crippen LogP contribution is -2.38. The highest BCUT2D eigenvalue weighted by Crippen LogP contribution is 2.49. The maximum absolute atomic E-state index is 13.3. The third kappa shape index (κ3) is 3.68. The van der Waals surface area contributed by atoms with Gasteiger partial charge < -0.3 is 5.73 Å². The monoisotopic (exact) mass is 507 g/mol. The van der Waals surface area contributed by atoms with Crippen molar-refractivity contribution in [2.75, 3.05) is 4.90 Å². The van der Waals surface area contributed by atoms with Crippen LogP contribution in [-0.2, 0) is 11.0 Å². The number of carbonyl (C=O) groups is 1. The third-order valence-corrected chi connectivity index (χ3v) is 7.71. The van der Waals surface area contributed by atoms with Gasteiger partial charge in [-0.25, -0.2) is 0 Å². The van der Waals surface area contributed by atoms with Crippen molar-refractivity contribution in [3.05, 3.63) is 72.8 Å². The smallest absolute Gasteiger partial charge is 0.384 e. The van der Waals surface area contributed by atoms with Gasteiger partial charge in [0.05, 0.1) is 23.1 Å². The third-order valence-electron chi connectivity index (χ3n) is 5.51. The first-order chi connectivity index (χ1) is 14.6. The van der Waals surface area contributed by atoms with Crippen LogP contribution in [0.2, 0.25) is 0 Å². The number of nitrogens with zero attached hydrogens (tertiary/aromatic N) is 2. The van der Waals surface area contributed by atoms with Gasteiger partial charge in [0.2, 0.25) is 0 Å². The lowest BCUT2D eigenvalue weighted by Gasteiger charge is -2.39. The molecule has 0 amide bonds. The highest BCUT2D eigenvalue weighted by atomic mass is 79.9. The van der Waals surface area contributed by atoms with Gasteiger partial charge in [-0.15, -0.1) is 11.3 Å². The van der Waals surface area contributed by atoms with Crippen LogP contribution < -0.4 is 10.6 Å². The molecule has 1 aromatic heterocycles. The standard InChI is InChI=1S/C22H17BrF3N3OS/c1-11-15(23)9-18(31-11)19-14(10-27)21(28)29(16-6-3-7-17(30)20(16)19)13-5-2-4-12(8-13)22(24,25)26/h2,4-5,8-9,19H,3,6-7,28H2,1H3. The second-order valence-electron chi connectivity index (χ2n) is 7.42. The zero-order chi connectivity index (χ0) is 22.5. The number of alkyl halides is 3. The second kappa shape index (κ2) is 7.84. The van der Waals surface area contributed by atoms with Crippen LogP contribution in [0.25, 0.3) is 0 Å². The Bertz CT molecular complexity index is 1170. The average molecular weight is 508 g/mol.